The smallest absolute Gasteiger partial charge is 0.242 e. The van der Waals surface area contributed by atoms with Crippen molar-refractivity contribution in [2.45, 2.75) is 32.4 Å². The van der Waals surface area contributed by atoms with Gasteiger partial charge in [-0.1, -0.05) is 30.3 Å². The summed E-state index contributed by atoms with van der Waals surface area (Å²) in [7, 11) is 1.74. The van der Waals surface area contributed by atoms with Gasteiger partial charge in [0.25, 0.3) is 0 Å². The fourth-order valence-electron chi connectivity index (χ4n) is 1.80. The maximum atomic E-state index is 12.5. The Hall–Kier alpha value is -1.88. The summed E-state index contributed by atoms with van der Waals surface area (Å²) in [5.41, 5.74) is 5.53. The van der Waals surface area contributed by atoms with Crippen molar-refractivity contribution >= 4 is 11.8 Å². The van der Waals surface area contributed by atoms with Crippen molar-refractivity contribution in [3.63, 3.8) is 0 Å². The van der Waals surface area contributed by atoms with Gasteiger partial charge in [-0.2, -0.15) is 0 Å². The molecule has 0 aliphatic carbocycles. The number of carbonyl (C=O) groups excluding carboxylic acids is 2. The number of nitrogens with zero attached hydrogens (tertiary/aromatic N) is 1. The van der Waals surface area contributed by atoms with Crippen LogP contribution in [0.4, 0.5) is 0 Å². The minimum atomic E-state index is -0.674. The van der Waals surface area contributed by atoms with Crippen molar-refractivity contribution < 1.29 is 9.59 Å². The molecule has 0 saturated carbocycles. The van der Waals surface area contributed by atoms with E-state index >= 15 is 0 Å². The summed E-state index contributed by atoms with van der Waals surface area (Å²) >= 11 is 0. The maximum Gasteiger partial charge on any atom is 0.242 e. The fraction of sp³-hybridized carbons (Fsp3) is 0.467. The zero-order valence-corrected chi connectivity index (χ0v) is 12.3. The van der Waals surface area contributed by atoms with Crippen molar-refractivity contribution in [3.05, 3.63) is 35.9 Å². The van der Waals surface area contributed by atoms with Gasteiger partial charge in [0.05, 0.1) is 5.54 Å². The second kappa shape index (κ2) is 7.05. The number of likely N-dealkylation sites (N-methyl/N-ethyl adjacent to an activating group) is 1. The summed E-state index contributed by atoms with van der Waals surface area (Å²) in [6.45, 7) is 4.43. The number of primary amides is 1. The Labute approximate surface area is 120 Å². The Morgan fingerprint density at radius 2 is 1.85 bits per heavy atom. The fourth-order valence-corrected chi connectivity index (χ4v) is 1.80. The first-order valence-electron chi connectivity index (χ1n) is 6.67. The quantitative estimate of drug-likeness (QED) is 0.777. The number of hydrogen-bond acceptors (Lipinski definition) is 3. The highest BCUT2D eigenvalue weighted by Crippen LogP contribution is 2.12. The molecule has 0 aliphatic rings. The zero-order chi connectivity index (χ0) is 15.2. The molecule has 1 rings (SSSR count). The summed E-state index contributed by atoms with van der Waals surface area (Å²) in [5.74, 6) is -0.455. The highest BCUT2D eigenvalue weighted by molar-refractivity contribution is 5.86. The lowest BCUT2D eigenvalue weighted by Gasteiger charge is -2.31. The zero-order valence-electron chi connectivity index (χ0n) is 12.3. The van der Waals surface area contributed by atoms with Gasteiger partial charge in [-0.3, -0.25) is 9.59 Å². The summed E-state index contributed by atoms with van der Waals surface area (Å²) in [6, 6.07) is 9.69. The lowest BCUT2D eigenvalue weighted by molar-refractivity contribution is -0.138. The first-order valence-corrected chi connectivity index (χ1v) is 6.67. The van der Waals surface area contributed by atoms with Crippen LogP contribution in [0, 0.1) is 0 Å². The molecule has 0 unspecified atom stereocenters. The van der Waals surface area contributed by atoms with Gasteiger partial charge < -0.3 is 16.0 Å². The van der Waals surface area contributed by atoms with Crippen molar-refractivity contribution in [1.82, 2.24) is 10.2 Å². The minimum absolute atomic E-state index is 0.0508. The first kappa shape index (κ1) is 16.2. The molecule has 1 aromatic carbocycles. The van der Waals surface area contributed by atoms with E-state index < -0.39 is 11.4 Å². The van der Waals surface area contributed by atoms with Crippen LogP contribution in [0.3, 0.4) is 0 Å². The minimum Gasteiger partial charge on any atom is -0.370 e. The Morgan fingerprint density at radius 3 is 2.35 bits per heavy atom. The third-order valence-corrected chi connectivity index (χ3v) is 3.29. The molecule has 2 amide bonds. The van der Waals surface area contributed by atoms with Gasteiger partial charge in [-0.25, -0.2) is 0 Å². The van der Waals surface area contributed by atoms with Crippen LogP contribution in [-0.4, -0.2) is 35.8 Å². The summed E-state index contributed by atoms with van der Waals surface area (Å²) in [6.07, 6.45) is 0.165. The molecule has 0 atom stereocenters. The summed E-state index contributed by atoms with van der Waals surface area (Å²) in [4.78, 5) is 25.2. The van der Waals surface area contributed by atoms with Gasteiger partial charge in [-0.05, 0) is 26.5 Å². The number of nitrogens with two attached hydrogens (primary N) is 1. The van der Waals surface area contributed by atoms with Crippen LogP contribution in [0.2, 0.25) is 0 Å². The van der Waals surface area contributed by atoms with Crippen molar-refractivity contribution in [2.24, 2.45) is 5.73 Å². The van der Waals surface area contributed by atoms with Crippen molar-refractivity contribution in [2.75, 3.05) is 13.6 Å². The standard InChI is InChI=1S/C15H23N3O2/c1-15(2,17-3)14(20)18(10-9-13(16)19)11-12-7-5-4-6-8-12/h4-8,17H,9-11H2,1-3H3,(H2,16,19). The van der Waals surface area contributed by atoms with E-state index in [1.54, 1.807) is 11.9 Å². The molecule has 20 heavy (non-hydrogen) atoms. The molecular weight excluding hydrogens is 254 g/mol. The monoisotopic (exact) mass is 277 g/mol. The van der Waals surface area contributed by atoms with E-state index in [0.29, 0.717) is 13.1 Å². The molecule has 5 heteroatoms. The highest BCUT2D eigenvalue weighted by atomic mass is 16.2. The van der Waals surface area contributed by atoms with Crippen LogP contribution in [-0.2, 0) is 16.1 Å². The number of nitrogens with one attached hydrogen (secondary N) is 1. The molecule has 0 saturated heterocycles. The van der Waals surface area contributed by atoms with Gasteiger partial charge in [0.15, 0.2) is 0 Å². The van der Waals surface area contributed by atoms with Gasteiger partial charge in [-0.15, -0.1) is 0 Å². The van der Waals surface area contributed by atoms with Gasteiger partial charge in [0, 0.05) is 19.5 Å². The lowest BCUT2D eigenvalue weighted by atomic mass is 10.0. The van der Waals surface area contributed by atoms with Crippen LogP contribution >= 0.6 is 0 Å². The van der Waals surface area contributed by atoms with Gasteiger partial charge in [0.2, 0.25) is 11.8 Å². The van der Waals surface area contributed by atoms with Gasteiger partial charge in [0.1, 0.15) is 0 Å². The number of amides is 2. The second-order valence-electron chi connectivity index (χ2n) is 5.30. The summed E-state index contributed by atoms with van der Waals surface area (Å²) in [5, 5.41) is 2.99. The molecule has 0 aliphatic heterocycles. The largest absolute Gasteiger partial charge is 0.370 e. The molecule has 0 aromatic heterocycles. The normalized spacial score (nSPS) is 11.2. The predicted octanol–water partition coefficient (Wildman–Crippen LogP) is 0.889. The number of carbonyl (C=O) groups is 2. The average molecular weight is 277 g/mol. The van der Waals surface area contributed by atoms with E-state index in [9.17, 15) is 9.59 Å². The van der Waals surface area contributed by atoms with Crippen LogP contribution in [0.15, 0.2) is 30.3 Å². The van der Waals surface area contributed by atoms with Crippen molar-refractivity contribution in [1.29, 1.82) is 0 Å². The van der Waals surface area contributed by atoms with E-state index in [-0.39, 0.29) is 12.3 Å². The Balaban J connectivity index is 2.85. The van der Waals surface area contributed by atoms with Crippen LogP contribution in [0.25, 0.3) is 0 Å². The predicted molar refractivity (Wildman–Crippen MR) is 78.8 cm³/mol. The Morgan fingerprint density at radius 1 is 1.25 bits per heavy atom. The molecule has 3 N–H and O–H groups in total. The molecule has 0 fully saturated rings. The number of hydrogen-bond donors (Lipinski definition) is 2. The number of benzene rings is 1. The van der Waals surface area contributed by atoms with Crippen LogP contribution in [0.5, 0.6) is 0 Å². The molecule has 0 radical (unpaired) electrons. The van der Waals surface area contributed by atoms with E-state index in [4.69, 9.17) is 5.73 Å². The third kappa shape index (κ3) is 4.66. The molecule has 0 spiro atoms. The topological polar surface area (TPSA) is 75.4 Å². The molecular formula is C15H23N3O2. The van der Waals surface area contributed by atoms with Gasteiger partial charge >= 0.3 is 0 Å². The lowest BCUT2D eigenvalue weighted by Crippen LogP contribution is -2.53. The first-order chi connectivity index (χ1) is 9.36. The van der Waals surface area contributed by atoms with E-state index in [0.717, 1.165) is 5.56 Å². The van der Waals surface area contributed by atoms with Crippen molar-refractivity contribution in [3.8, 4) is 0 Å². The van der Waals surface area contributed by atoms with Crippen LogP contribution < -0.4 is 11.1 Å². The SMILES string of the molecule is CNC(C)(C)C(=O)N(CCC(N)=O)Cc1ccccc1. The van der Waals surface area contributed by atoms with Crippen LogP contribution in [0.1, 0.15) is 25.8 Å². The molecule has 0 bridgehead atoms. The highest BCUT2D eigenvalue weighted by Gasteiger charge is 2.30. The van der Waals surface area contributed by atoms with E-state index in [1.807, 2.05) is 44.2 Å². The molecule has 1 aromatic rings. The second-order valence-corrected chi connectivity index (χ2v) is 5.30. The maximum absolute atomic E-state index is 12.5. The van der Waals surface area contributed by atoms with E-state index in [2.05, 4.69) is 5.32 Å². The van der Waals surface area contributed by atoms with E-state index in [1.165, 1.54) is 0 Å². The molecule has 5 nitrogen and oxygen atoms in total. The Kier molecular flexibility index (Phi) is 5.70. The Bertz CT molecular complexity index is 457. The molecule has 110 valence electrons. The number of rotatable bonds is 7. The summed E-state index contributed by atoms with van der Waals surface area (Å²) < 4.78 is 0. The molecule has 0 heterocycles. The third-order valence-electron chi connectivity index (χ3n) is 3.29. The average Bonchev–Trinajstić information content (AvgIpc) is 2.43.